The van der Waals surface area contributed by atoms with Gasteiger partial charge in [-0.3, -0.25) is 4.79 Å². The minimum Gasteiger partial charge on any atom is -0.299 e. The van der Waals surface area contributed by atoms with E-state index in [0.717, 1.165) is 18.4 Å². The summed E-state index contributed by atoms with van der Waals surface area (Å²) in [6.45, 7) is 4.26. The Bertz CT molecular complexity index is 388. The average Bonchev–Trinajstić information content (AvgIpc) is 2.23. The molecule has 0 heterocycles. The Morgan fingerprint density at radius 3 is 2.59 bits per heavy atom. The summed E-state index contributed by atoms with van der Waals surface area (Å²) in [5, 5.41) is 1.04. The highest BCUT2D eigenvalue weighted by Crippen LogP contribution is 2.23. The lowest BCUT2D eigenvalue weighted by Crippen LogP contribution is -2.08. The van der Waals surface area contributed by atoms with Crippen LogP contribution in [0.25, 0.3) is 0 Å². The van der Waals surface area contributed by atoms with Crippen LogP contribution < -0.4 is 0 Å². The first-order valence-corrected chi connectivity index (χ1v) is 6.74. The number of rotatable bonds is 6. The van der Waals surface area contributed by atoms with E-state index in [0.29, 0.717) is 28.8 Å². The van der Waals surface area contributed by atoms with Crippen LogP contribution in [0, 0.1) is 5.92 Å². The van der Waals surface area contributed by atoms with Crippen LogP contribution in [0.4, 0.5) is 0 Å². The van der Waals surface area contributed by atoms with Gasteiger partial charge in [0, 0.05) is 12.8 Å². The summed E-state index contributed by atoms with van der Waals surface area (Å²) in [6, 6.07) is 5.37. The van der Waals surface area contributed by atoms with Crippen molar-refractivity contribution in [1.82, 2.24) is 0 Å². The van der Waals surface area contributed by atoms with Crippen LogP contribution in [-0.2, 0) is 11.2 Å². The zero-order valence-electron chi connectivity index (χ0n) is 10.3. The van der Waals surface area contributed by atoms with Gasteiger partial charge in [-0.15, -0.1) is 0 Å². The lowest BCUT2D eigenvalue weighted by Gasteiger charge is -2.09. The number of hydrogen-bond acceptors (Lipinski definition) is 1. The van der Waals surface area contributed by atoms with Crippen LogP contribution in [-0.4, -0.2) is 5.78 Å². The topological polar surface area (TPSA) is 17.1 Å². The van der Waals surface area contributed by atoms with Gasteiger partial charge in [-0.1, -0.05) is 56.0 Å². The highest BCUT2D eigenvalue weighted by Gasteiger charge is 2.10. The third-order valence-electron chi connectivity index (χ3n) is 2.74. The maximum Gasteiger partial charge on any atom is 0.137 e. The van der Waals surface area contributed by atoms with Gasteiger partial charge < -0.3 is 0 Å². The Hall–Kier alpha value is -0.530. The van der Waals surface area contributed by atoms with Crippen molar-refractivity contribution in [2.24, 2.45) is 5.92 Å². The van der Waals surface area contributed by atoms with Crippen molar-refractivity contribution in [3.63, 3.8) is 0 Å². The molecule has 0 aliphatic rings. The van der Waals surface area contributed by atoms with Gasteiger partial charge in [0.25, 0.3) is 0 Å². The van der Waals surface area contributed by atoms with Crippen LogP contribution in [0.2, 0.25) is 10.0 Å². The second kappa shape index (κ2) is 7.03. The number of hydrogen-bond donors (Lipinski definition) is 0. The average molecular weight is 273 g/mol. The first-order valence-electron chi connectivity index (χ1n) is 5.98. The van der Waals surface area contributed by atoms with Crippen molar-refractivity contribution in [3.8, 4) is 0 Å². The molecule has 94 valence electrons. The van der Waals surface area contributed by atoms with Gasteiger partial charge in [0.15, 0.2) is 0 Å². The van der Waals surface area contributed by atoms with Crippen molar-refractivity contribution < 1.29 is 4.79 Å². The van der Waals surface area contributed by atoms with Crippen molar-refractivity contribution >= 4 is 29.0 Å². The Morgan fingerprint density at radius 1 is 1.29 bits per heavy atom. The first kappa shape index (κ1) is 14.5. The van der Waals surface area contributed by atoms with E-state index in [2.05, 4.69) is 13.8 Å². The Labute approximate surface area is 113 Å². The molecule has 0 N–H and O–H groups in total. The van der Waals surface area contributed by atoms with Crippen LogP contribution in [0.5, 0.6) is 0 Å². The standard InChI is InChI=1S/C14H18Cl2O/c1-3-4-10(2)7-12(17)8-11-5-6-13(15)14(16)9-11/h5-6,9-10H,3-4,7-8H2,1-2H3. The molecule has 1 aromatic rings. The van der Waals surface area contributed by atoms with Gasteiger partial charge in [-0.05, 0) is 23.6 Å². The molecular formula is C14H18Cl2O. The van der Waals surface area contributed by atoms with Gasteiger partial charge in [-0.25, -0.2) is 0 Å². The highest BCUT2D eigenvalue weighted by molar-refractivity contribution is 6.42. The molecule has 0 aliphatic carbocycles. The number of ketones is 1. The van der Waals surface area contributed by atoms with E-state index < -0.39 is 0 Å². The molecule has 1 unspecified atom stereocenters. The molecule has 0 aromatic heterocycles. The normalized spacial score (nSPS) is 12.5. The second-order valence-corrected chi connectivity index (χ2v) is 5.38. The lowest BCUT2D eigenvalue weighted by atomic mass is 9.96. The summed E-state index contributed by atoms with van der Waals surface area (Å²) in [4.78, 5) is 11.8. The van der Waals surface area contributed by atoms with E-state index in [1.165, 1.54) is 0 Å². The van der Waals surface area contributed by atoms with E-state index in [-0.39, 0.29) is 5.78 Å². The van der Waals surface area contributed by atoms with Gasteiger partial charge in [0.2, 0.25) is 0 Å². The second-order valence-electron chi connectivity index (χ2n) is 4.56. The molecule has 0 saturated carbocycles. The number of Topliss-reactive ketones (excluding diaryl/α,β-unsaturated/α-hetero) is 1. The maximum atomic E-state index is 11.8. The van der Waals surface area contributed by atoms with Gasteiger partial charge in [0.1, 0.15) is 5.78 Å². The third-order valence-corrected chi connectivity index (χ3v) is 3.48. The molecule has 0 aliphatic heterocycles. The molecule has 0 fully saturated rings. The lowest BCUT2D eigenvalue weighted by molar-refractivity contribution is -0.119. The quantitative estimate of drug-likeness (QED) is 0.718. The van der Waals surface area contributed by atoms with E-state index in [4.69, 9.17) is 23.2 Å². The summed E-state index contributed by atoms with van der Waals surface area (Å²) in [7, 11) is 0. The molecular weight excluding hydrogens is 255 g/mol. The predicted octanol–water partition coefficient (Wildman–Crippen LogP) is 4.93. The highest BCUT2D eigenvalue weighted by atomic mass is 35.5. The van der Waals surface area contributed by atoms with Crippen LogP contribution in [0.1, 0.15) is 38.7 Å². The molecule has 0 spiro atoms. The molecule has 17 heavy (non-hydrogen) atoms. The summed E-state index contributed by atoms with van der Waals surface area (Å²) < 4.78 is 0. The summed E-state index contributed by atoms with van der Waals surface area (Å²) in [5.74, 6) is 0.736. The molecule has 1 rings (SSSR count). The maximum absolute atomic E-state index is 11.8. The largest absolute Gasteiger partial charge is 0.299 e. The molecule has 0 amide bonds. The fourth-order valence-electron chi connectivity index (χ4n) is 1.93. The smallest absolute Gasteiger partial charge is 0.137 e. The summed E-state index contributed by atoms with van der Waals surface area (Å²) in [5.41, 5.74) is 0.938. The predicted molar refractivity (Wildman–Crippen MR) is 73.9 cm³/mol. The number of carbonyl (C=O) groups excluding carboxylic acids is 1. The Kier molecular flexibility index (Phi) is 6.01. The Balaban J connectivity index is 2.53. The molecule has 1 aromatic carbocycles. The van der Waals surface area contributed by atoms with Gasteiger partial charge >= 0.3 is 0 Å². The molecule has 1 atom stereocenters. The van der Waals surface area contributed by atoms with Gasteiger partial charge in [0.05, 0.1) is 10.0 Å². The minimum atomic E-state index is 0.268. The fraction of sp³-hybridized carbons (Fsp3) is 0.500. The summed E-state index contributed by atoms with van der Waals surface area (Å²) in [6.07, 6.45) is 3.33. The number of benzene rings is 1. The minimum absolute atomic E-state index is 0.268. The van der Waals surface area contributed by atoms with E-state index >= 15 is 0 Å². The molecule has 1 nitrogen and oxygen atoms in total. The number of halogens is 2. The van der Waals surface area contributed by atoms with Gasteiger partial charge in [-0.2, -0.15) is 0 Å². The van der Waals surface area contributed by atoms with E-state index in [1.807, 2.05) is 6.07 Å². The molecule has 0 radical (unpaired) electrons. The SMILES string of the molecule is CCCC(C)CC(=O)Cc1ccc(Cl)c(Cl)c1. The monoisotopic (exact) mass is 272 g/mol. The van der Waals surface area contributed by atoms with Crippen molar-refractivity contribution in [2.75, 3.05) is 0 Å². The number of carbonyl (C=O) groups is 1. The molecule has 0 bridgehead atoms. The van der Waals surface area contributed by atoms with Crippen LogP contribution in [0.3, 0.4) is 0 Å². The summed E-state index contributed by atoms with van der Waals surface area (Å²) >= 11 is 11.7. The first-order chi connectivity index (χ1) is 8.02. The van der Waals surface area contributed by atoms with Crippen LogP contribution >= 0.6 is 23.2 Å². The zero-order chi connectivity index (χ0) is 12.8. The fourth-order valence-corrected chi connectivity index (χ4v) is 2.25. The van der Waals surface area contributed by atoms with E-state index in [1.54, 1.807) is 12.1 Å². The van der Waals surface area contributed by atoms with Crippen LogP contribution in [0.15, 0.2) is 18.2 Å². The molecule has 0 saturated heterocycles. The third kappa shape index (κ3) is 5.10. The van der Waals surface area contributed by atoms with Crippen molar-refractivity contribution in [3.05, 3.63) is 33.8 Å². The van der Waals surface area contributed by atoms with Crippen molar-refractivity contribution in [2.45, 2.75) is 39.5 Å². The Morgan fingerprint density at radius 2 is 2.00 bits per heavy atom. The van der Waals surface area contributed by atoms with Crippen molar-refractivity contribution in [1.29, 1.82) is 0 Å². The molecule has 3 heteroatoms. The van der Waals surface area contributed by atoms with E-state index in [9.17, 15) is 4.79 Å². The zero-order valence-corrected chi connectivity index (χ0v) is 11.8.